The number of nitrogens with zero attached hydrogens (tertiary/aromatic N) is 1. The smallest absolute Gasteiger partial charge is 0.326 e. The second-order valence-electron chi connectivity index (χ2n) is 4.36. The van der Waals surface area contributed by atoms with Crippen molar-refractivity contribution in [2.24, 2.45) is 0 Å². The Balaban J connectivity index is 2.07. The van der Waals surface area contributed by atoms with E-state index in [2.05, 4.69) is 0 Å². The van der Waals surface area contributed by atoms with Crippen LogP contribution in [0.5, 0.6) is 0 Å². The minimum absolute atomic E-state index is 0.274. The zero-order valence-corrected chi connectivity index (χ0v) is 12.6. The largest absolute Gasteiger partial charge is 0.462 e. The monoisotopic (exact) mass is 311 g/mol. The van der Waals surface area contributed by atoms with E-state index >= 15 is 0 Å². The van der Waals surface area contributed by atoms with Crippen molar-refractivity contribution in [3.63, 3.8) is 0 Å². The maximum atomic E-state index is 12.1. The summed E-state index contributed by atoms with van der Waals surface area (Å²) in [5.74, 6) is -1.04. The van der Waals surface area contributed by atoms with E-state index < -0.39 is 17.1 Å². The first kappa shape index (κ1) is 14.8. The first-order valence-electron chi connectivity index (χ1n) is 5.94. The fraction of sp³-hybridized carbons (Fsp3) is 0.308. The van der Waals surface area contributed by atoms with Crippen LogP contribution in [0, 0.1) is 0 Å². The molecule has 0 N–H and O–H groups in total. The molecule has 0 unspecified atom stereocenters. The SMILES string of the molecule is CC(C)OC(=O)CN1C(=O)S/C(=C\c2ccsc2)C1=O. The number of thioether (sulfide) groups is 1. The number of ether oxygens (including phenoxy) is 1. The Bertz CT molecular complexity index is 563. The summed E-state index contributed by atoms with van der Waals surface area (Å²) in [6.45, 7) is 3.08. The highest BCUT2D eigenvalue weighted by Crippen LogP contribution is 2.32. The van der Waals surface area contributed by atoms with Gasteiger partial charge < -0.3 is 4.74 Å². The number of rotatable bonds is 4. The molecular weight excluding hydrogens is 298 g/mol. The van der Waals surface area contributed by atoms with Crippen molar-refractivity contribution in [3.05, 3.63) is 27.3 Å². The highest BCUT2D eigenvalue weighted by molar-refractivity contribution is 8.18. The van der Waals surface area contributed by atoms with Crippen LogP contribution in [0.15, 0.2) is 21.7 Å². The molecule has 2 amide bonds. The van der Waals surface area contributed by atoms with Gasteiger partial charge in [0, 0.05) is 0 Å². The topological polar surface area (TPSA) is 63.7 Å². The summed E-state index contributed by atoms with van der Waals surface area (Å²) < 4.78 is 4.94. The molecule has 20 heavy (non-hydrogen) atoms. The van der Waals surface area contributed by atoms with Crippen LogP contribution in [-0.2, 0) is 14.3 Å². The maximum Gasteiger partial charge on any atom is 0.326 e. The Morgan fingerprint density at radius 2 is 2.20 bits per heavy atom. The molecule has 0 spiro atoms. The van der Waals surface area contributed by atoms with E-state index in [0.29, 0.717) is 4.91 Å². The zero-order valence-electron chi connectivity index (χ0n) is 11.0. The van der Waals surface area contributed by atoms with Gasteiger partial charge in [-0.2, -0.15) is 11.3 Å². The van der Waals surface area contributed by atoms with Gasteiger partial charge in [-0.3, -0.25) is 19.3 Å². The minimum Gasteiger partial charge on any atom is -0.462 e. The summed E-state index contributed by atoms with van der Waals surface area (Å²) in [4.78, 5) is 36.6. The summed E-state index contributed by atoms with van der Waals surface area (Å²) in [5, 5.41) is 3.31. The van der Waals surface area contributed by atoms with Crippen molar-refractivity contribution in [2.45, 2.75) is 20.0 Å². The first-order chi connectivity index (χ1) is 9.47. The maximum absolute atomic E-state index is 12.1. The predicted molar refractivity (Wildman–Crippen MR) is 78.2 cm³/mol. The van der Waals surface area contributed by atoms with E-state index in [0.717, 1.165) is 22.2 Å². The number of carbonyl (C=O) groups excluding carboxylic acids is 3. The molecule has 1 aliphatic rings. The van der Waals surface area contributed by atoms with E-state index in [1.807, 2.05) is 16.8 Å². The molecule has 0 saturated carbocycles. The molecule has 0 atom stereocenters. The van der Waals surface area contributed by atoms with Crippen molar-refractivity contribution < 1.29 is 19.1 Å². The zero-order chi connectivity index (χ0) is 14.7. The molecule has 2 rings (SSSR count). The fourth-order valence-corrected chi connectivity index (χ4v) is 3.03. The van der Waals surface area contributed by atoms with E-state index in [1.165, 1.54) is 11.3 Å². The van der Waals surface area contributed by atoms with Gasteiger partial charge in [0.05, 0.1) is 11.0 Å². The molecule has 1 saturated heterocycles. The number of hydrogen-bond donors (Lipinski definition) is 0. The fourth-order valence-electron chi connectivity index (χ4n) is 1.57. The average molecular weight is 311 g/mol. The van der Waals surface area contributed by atoms with Crippen LogP contribution in [-0.4, -0.2) is 34.7 Å². The molecule has 106 valence electrons. The van der Waals surface area contributed by atoms with Gasteiger partial charge in [0.25, 0.3) is 11.1 Å². The Labute approximate surface area is 124 Å². The average Bonchev–Trinajstić information content (AvgIpc) is 2.93. The number of hydrogen-bond acceptors (Lipinski definition) is 6. The number of esters is 1. The highest BCUT2D eigenvalue weighted by atomic mass is 32.2. The molecule has 1 aliphatic heterocycles. The molecule has 1 aromatic rings. The lowest BCUT2D eigenvalue weighted by Crippen LogP contribution is -2.35. The molecule has 7 heteroatoms. The van der Waals surface area contributed by atoms with Crippen LogP contribution in [0.25, 0.3) is 6.08 Å². The van der Waals surface area contributed by atoms with E-state index in [-0.39, 0.29) is 12.6 Å². The van der Waals surface area contributed by atoms with Gasteiger partial charge in [0.15, 0.2) is 0 Å². The van der Waals surface area contributed by atoms with Crippen LogP contribution in [0.3, 0.4) is 0 Å². The highest BCUT2D eigenvalue weighted by Gasteiger charge is 2.36. The number of amides is 2. The van der Waals surface area contributed by atoms with Gasteiger partial charge in [-0.25, -0.2) is 0 Å². The molecule has 1 aromatic heterocycles. The van der Waals surface area contributed by atoms with E-state index in [4.69, 9.17) is 4.74 Å². The lowest BCUT2D eigenvalue weighted by atomic mass is 10.3. The molecular formula is C13H13NO4S2. The summed E-state index contributed by atoms with van der Waals surface area (Å²) in [7, 11) is 0. The van der Waals surface area contributed by atoms with Crippen LogP contribution < -0.4 is 0 Å². The van der Waals surface area contributed by atoms with Gasteiger partial charge in [0.1, 0.15) is 6.54 Å². The Kier molecular flexibility index (Phi) is 4.61. The summed E-state index contributed by atoms with van der Waals surface area (Å²) >= 11 is 2.34. The Morgan fingerprint density at radius 3 is 2.80 bits per heavy atom. The lowest BCUT2D eigenvalue weighted by Gasteiger charge is -2.13. The normalized spacial score (nSPS) is 17.4. The molecule has 2 heterocycles. The Hall–Kier alpha value is -1.60. The number of thiophene rings is 1. The second kappa shape index (κ2) is 6.23. The van der Waals surface area contributed by atoms with E-state index in [9.17, 15) is 14.4 Å². The second-order valence-corrected chi connectivity index (χ2v) is 6.14. The van der Waals surface area contributed by atoms with Crippen molar-refractivity contribution in [1.82, 2.24) is 4.90 Å². The summed E-state index contributed by atoms with van der Waals surface area (Å²) in [6.07, 6.45) is 1.37. The van der Waals surface area contributed by atoms with Crippen molar-refractivity contribution >= 4 is 46.3 Å². The summed E-state index contributed by atoms with van der Waals surface area (Å²) in [6, 6.07) is 1.85. The van der Waals surface area contributed by atoms with Gasteiger partial charge in [0.2, 0.25) is 0 Å². The molecule has 5 nitrogen and oxygen atoms in total. The van der Waals surface area contributed by atoms with Gasteiger partial charge in [-0.15, -0.1) is 0 Å². The van der Waals surface area contributed by atoms with Crippen LogP contribution in [0.4, 0.5) is 4.79 Å². The molecule has 0 aromatic carbocycles. The first-order valence-corrected chi connectivity index (χ1v) is 7.70. The Morgan fingerprint density at radius 1 is 1.45 bits per heavy atom. The molecule has 1 fully saturated rings. The van der Waals surface area contributed by atoms with Crippen molar-refractivity contribution in [3.8, 4) is 0 Å². The third-order valence-corrected chi connectivity index (χ3v) is 3.98. The third kappa shape index (κ3) is 3.49. The number of carbonyl (C=O) groups is 3. The lowest BCUT2D eigenvalue weighted by molar-refractivity contribution is -0.149. The van der Waals surface area contributed by atoms with Crippen LogP contribution >= 0.6 is 23.1 Å². The van der Waals surface area contributed by atoms with Gasteiger partial charge in [-0.1, -0.05) is 0 Å². The van der Waals surface area contributed by atoms with Crippen LogP contribution in [0.2, 0.25) is 0 Å². The van der Waals surface area contributed by atoms with Gasteiger partial charge in [-0.05, 0) is 54.1 Å². The molecule has 0 bridgehead atoms. The van der Waals surface area contributed by atoms with Crippen LogP contribution in [0.1, 0.15) is 19.4 Å². The quantitative estimate of drug-likeness (QED) is 0.632. The predicted octanol–water partition coefficient (Wildman–Crippen LogP) is 2.74. The third-order valence-electron chi connectivity index (χ3n) is 2.37. The van der Waals surface area contributed by atoms with Crippen molar-refractivity contribution in [1.29, 1.82) is 0 Å². The standard InChI is InChI=1S/C13H13NO4S2/c1-8(2)18-11(15)6-14-12(16)10(20-13(14)17)5-9-3-4-19-7-9/h3-5,7-8H,6H2,1-2H3/b10-5-. The number of imide groups is 1. The van der Waals surface area contributed by atoms with Crippen molar-refractivity contribution in [2.75, 3.05) is 6.54 Å². The summed E-state index contributed by atoms with van der Waals surface area (Å²) in [5.41, 5.74) is 0.866. The minimum atomic E-state index is -0.584. The molecule has 0 aliphatic carbocycles. The van der Waals surface area contributed by atoms with Gasteiger partial charge >= 0.3 is 5.97 Å². The molecule has 0 radical (unpaired) electrons. The van der Waals surface area contributed by atoms with E-state index in [1.54, 1.807) is 19.9 Å².